The number of thiazole rings is 1. The number of rotatable bonds is 2. The molecule has 0 spiro atoms. The second kappa shape index (κ2) is 6.91. The molecule has 3 aromatic rings. The van der Waals surface area contributed by atoms with E-state index in [1.54, 1.807) is 4.57 Å². The molecule has 0 N–H and O–H groups in total. The Morgan fingerprint density at radius 2 is 1.92 bits per heavy atom. The van der Waals surface area contributed by atoms with Crippen molar-refractivity contribution in [3.05, 3.63) is 83.3 Å². The summed E-state index contributed by atoms with van der Waals surface area (Å²) in [5.74, 6) is 0. The summed E-state index contributed by atoms with van der Waals surface area (Å²) in [7, 11) is 0. The number of nitrogens with zero attached hydrogens (tertiary/aromatic N) is 3. The molecular formula is C19H15Cl2N3OS. The Morgan fingerprint density at radius 3 is 2.65 bits per heavy atom. The van der Waals surface area contributed by atoms with Gasteiger partial charge in [-0.2, -0.15) is 0 Å². The van der Waals surface area contributed by atoms with Gasteiger partial charge in [0.05, 0.1) is 4.53 Å². The van der Waals surface area contributed by atoms with Gasteiger partial charge >= 0.3 is 0 Å². The van der Waals surface area contributed by atoms with Crippen molar-refractivity contribution >= 4 is 46.3 Å². The van der Waals surface area contributed by atoms with Gasteiger partial charge in [0.2, 0.25) is 0 Å². The zero-order valence-electron chi connectivity index (χ0n) is 13.9. The van der Waals surface area contributed by atoms with Gasteiger partial charge in [-0.15, -0.1) is 0 Å². The molecule has 0 unspecified atom stereocenters. The molecule has 1 aliphatic heterocycles. The van der Waals surface area contributed by atoms with Crippen molar-refractivity contribution in [3.8, 4) is 0 Å². The van der Waals surface area contributed by atoms with E-state index in [1.807, 2.05) is 60.4 Å². The van der Waals surface area contributed by atoms with Crippen LogP contribution in [0.15, 0.2) is 52.3 Å². The van der Waals surface area contributed by atoms with Crippen LogP contribution < -0.4 is 19.8 Å². The monoisotopic (exact) mass is 403 g/mol. The van der Waals surface area contributed by atoms with Crippen LogP contribution in [-0.4, -0.2) is 11.2 Å². The molecule has 0 saturated carbocycles. The van der Waals surface area contributed by atoms with Crippen LogP contribution in [0.25, 0.3) is 6.08 Å². The zero-order valence-corrected chi connectivity index (χ0v) is 16.3. The number of hydrogen-bond donors (Lipinski definition) is 0. The van der Waals surface area contributed by atoms with Crippen LogP contribution in [0.2, 0.25) is 10.0 Å². The average Bonchev–Trinajstić information content (AvgIpc) is 2.95. The third-order valence-corrected chi connectivity index (χ3v) is 5.97. The molecule has 7 heteroatoms. The van der Waals surface area contributed by atoms with E-state index in [0.29, 0.717) is 27.9 Å². The Kier molecular flexibility index (Phi) is 4.61. The van der Waals surface area contributed by atoms with Crippen molar-refractivity contribution in [1.82, 2.24) is 4.57 Å². The Hall–Kier alpha value is -2.08. The van der Waals surface area contributed by atoms with Gasteiger partial charge in [-0.3, -0.25) is 9.36 Å². The average molecular weight is 404 g/mol. The zero-order chi connectivity index (χ0) is 18.3. The standard InChI is InChI=1S/C19H15Cl2N3OS/c1-12-2-7-15(9-16(12)21)23-10-22-19-24(11-23)18(25)17(26-19)8-13-3-5-14(20)6-4-13/h2-9H,10-11H2,1H3/b17-8-. The summed E-state index contributed by atoms with van der Waals surface area (Å²) < 4.78 is 2.36. The molecule has 0 bridgehead atoms. The molecule has 2 aromatic carbocycles. The van der Waals surface area contributed by atoms with E-state index in [2.05, 4.69) is 4.99 Å². The Labute approximate surface area is 164 Å². The molecule has 2 heterocycles. The van der Waals surface area contributed by atoms with Gasteiger partial charge in [-0.05, 0) is 48.4 Å². The Balaban J connectivity index is 1.70. The lowest BCUT2D eigenvalue weighted by molar-refractivity contribution is 0.569. The van der Waals surface area contributed by atoms with Crippen LogP contribution in [0.3, 0.4) is 0 Å². The molecule has 1 aromatic heterocycles. The third-order valence-electron chi connectivity index (χ3n) is 4.27. The van der Waals surface area contributed by atoms with E-state index in [0.717, 1.165) is 21.6 Å². The molecule has 4 nitrogen and oxygen atoms in total. The van der Waals surface area contributed by atoms with Crippen molar-refractivity contribution in [1.29, 1.82) is 0 Å². The van der Waals surface area contributed by atoms with Gasteiger partial charge in [-0.1, -0.05) is 52.7 Å². The fourth-order valence-electron chi connectivity index (χ4n) is 2.76. The van der Waals surface area contributed by atoms with Crippen LogP contribution in [0.4, 0.5) is 5.69 Å². The Bertz CT molecular complexity index is 1150. The molecule has 0 aliphatic carbocycles. The van der Waals surface area contributed by atoms with Crippen molar-refractivity contribution in [2.75, 3.05) is 11.6 Å². The van der Waals surface area contributed by atoms with Crippen LogP contribution in [-0.2, 0) is 6.67 Å². The van der Waals surface area contributed by atoms with E-state index in [4.69, 9.17) is 23.2 Å². The first-order valence-corrected chi connectivity index (χ1v) is 9.61. The van der Waals surface area contributed by atoms with Crippen LogP contribution in [0, 0.1) is 6.92 Å². The number of anilines is 1. The molecule has 0 radical (unpaired) electrons. The number of aromatic nitrogens is 1. The predicted molar refractivity (Wildman–Crippen MR) is 108 cm³/mol. The quantitative estimate of drug-likeness (QED) is 0.657. The molecule has 4 rings (SSSR count). The minimum atomic E-state index is -0.0355. The highest BCUT2D eigenvalue weighted by Gasteiger charge is 2.16. The van der Waals surface area contributed by atoms with Gasteiger partial charge in [0.15, 0.2) is 4.80 Å². The number of fused-ring (bicyclic) bond motifs is 1. The summed E-state index contributed by atoms with van der Waals surface area (Å²) in [5.41, 5.74) is 2.88. The molecule has 0 atom stereocenters. The number of benzene rings is 2. The minimum absolute atomic E-state index is 0.0355. The topological polar surface area (TPSA) is 37.6 Å². The first-order chi connectivity index (χ1) is 12.5. The van der Waals surface area contributed by atoms with E-state index < -0.39 is 0 Å². The van der Waals surface area contributed by atoms with Crippen molar-refractivity contribution in [2.24, 2.45) is 4.99 Å². The highest BCUT2D eigenvalue weighted by atomic mass is 35.5. The molecule has 0 fully saturated rings. The van der Waals surface area contributed by atoms with Crippen molar-refractivity contribution in [2.45, 2.75) is 13.6 Å². The number of halogens is 2. The largest absolute Gasteiger partial charge is 0.334 e. The van der Waals surface area contributed by atoms with Gasteiger partial charge in [0.1, 0.15) is 13.3 Å². The maximum atomic E-state index is 12.8. The molecule has 26 heavy (non-hydrogen) atoms. The number of hydrogen-bond acceptors (Lipinski definition) is 4. The first kappa shape index (κ1) is 17.3. The lowest BCUT2D eigenvalue weighted by Crippen LogP contribution is -2.42. The highest BCUT2D eigenvalue weighted by Crippen LogP contribution is 2.23. The molecular weight excluding hydrogens is 389 g/mol. The second-order valence-corrected chi connectivity index (χ2v) is 7.94. The van der Waals surface area contributed by atoms with Crippen molar-refractivity contribution in [3.63, 3.8) is 0 Å². The van der Waals surface area contributed by atoms with Gasteiger partial charge in [-0.25, -0.2) is 4.99 Å². The maximum Gasteiger partial charge on any atom is 0.271 e. The predicted octanol–water partition coefficient (Wildman–Crippen LogP) is 3.41. The maximum absolute atomic E-state index is 12.8. The summed E-state index contributed by atoms with van der Waals surface area (Å²) in [4.78, 5) is 20.1. The summed E-state index contributed by atoms with van der Waals surface area (Å²) >= 11 is 13.6. The number of aryl methyl sites for hydroxylation is 1. The molecule has 0 amide bonds. The van der Waals surface area contributed by atoms with E-state index in [1.165, 1.54) is 11.3 Å². The lowest BCUT2D eigenvalue weighted by atomic mass is 10.2. The van der Waals surface area contributed by atoms with Crippen LogP contribution in [0.1, 0.15) is 11.1 Å². The van der Waals surface area contributed by atoms with Crippen molar-refractivity contribution < 1.29 is 0 Å². The fraction of sp³-hybridized carbons (Fsp3) is 0.158. The molecule has 0 saturated heterocycles. The normalized spacial score (nSPS) is 14.3. The van der Waals surface area contributed by atoms with E-state index in [9.17, 15) is 4.79 Å². The Morgan fingerprint density at radius 1 is 1.15 bits per heavy atom. The summed E-state index contributed by atoms with van der Waals surface area (Å²) in [6.07, 6.45) is 1.87. The molecule has 132 valence electrons. The van der Waals surface area contributed by atoms with Gasteiger partial charge in [0.25, 0.3) is 5.56 Å². The summed E-state index contributed by atoms with van der Waals surface area (Å²) in [5, 5.41) is 1.38. The summed E-state index contributed by atoms with van der Waals surface area (Å²) in [6, 6.07) is 13.3. The summed E-state index contributed by atoms with van der Waals surface area (Å²) in [6.45, 7) is 2.93. The van der Waals surface area contributed by atoms with Gasteiger partial charge < -0.3 is 4.90 Å². The third kappa shape index (κ3) is 3.30. The highest BCUT2D eigenvalue weighted by molar-refractivity contribution is 7.07. The van der Waals surface area contributed by atoms with E-state index >= 15 is 0 Å². The first-order valence-electron chi connectivity index (χ1n) is 8.04. The van der Waals surface area contributed by atoms with Crippen LogP contribution in [0.5, 0.6) is 0 Å². The molecule has 1 aliphatic rings. The van der Waals surface area contributed by atoms with E-state index in [-0.39, 0.29) is 5.56 Å². The van der Waals surface area contributed by atoms with Gasteiger partial charge in [0, 0.05) is 15.7 Å². The minimum Gasteiger partial charge on any atom is -0.334 e. The fourth-order valence-corrected chi connectivity index (χ4v) is 4.03. The lowest BCUT2D eigenvalue weighted by Gasteiger charge is -2.26. The van der Waals surface area contributed by atoms with Crippen LogP contribution >= 0.6 is 34.5 Å². The smallest absolute Gasteiger partial charge is 0.271 e. The SMILES string of the molecule is Cc1ccc(N2CN=c3s/c(=C\c4ccc(Cl)cc4)c(=O)n3C2)cc1Cl. The second-order valence-electron chi connectivity index (χ2n) is 6.09.